The summed E-state index contributed by atoms with van der Waals surface area (Å²) in [5.74, 6) is 2.54. The summed E-state index contributed by atoms with van der Waals surface area (Å²) in [5, 5.41) is 3.28. The number of aryl methyl sites for hydroxylation is 1. The first-order valence-corrected chi connectivity index (χ1v) is 4.09. The molecule has 1 aromatic rings. The molecule has 0 spiro atoms. The summed E-state index contributed by atoms with van der Waals surface area (Å²) in [6.45, 7) is 1.05. The standard InChI is InChI=1S/C10H10N2/c1-2-9-6-8-4-3-5-11-10(8)7-12-9/h1,6-7,11H,3-5H2. The summed E-state index contributed by atoms with van der Waals surface area (Å²) in [6, 6.07) is 1.99. The lowest BCUT2D eigenvalue weighted by Crippen LogP contribution is -2.12. The first-order chi connectivity index (χ1) is 5.90. The molecule has 0 saturated heterocycles. The van der Waals surface area contributed by atoms with Gasteiger partial charge in [-0.15, -0.1) is 6.42 Å². The van der Waals surface area contributed by atoms with E-state index < -0.39 is 0 Å². The number of aromatic nitrogens is 1. The van der Waals surface area contributed by atoms with Gasteiger partial charge in [-0.25, -0.2) is 4.98 Å². The van der Waals surface area contributed by atoms with E-state index in [-0.39, 0.29) is 0 Å². The first-order valence-electron chi connectivity index (χ1n) is 4.09. The summed E-state index contributed by atoms with van der Waals surface area (Å²) in [4.78, 5) is 4.11. The maximum atomic E-state index is 5.25. The lowest BCUT2D eigenvalue weighted by molar-refractivity contribution is 0.825. The van der Waals surface area contributed by atoms with Gasteiger partial charge in [-0.2, -0.15) is 0 Å². The Morgan fingerprint density at radius 2 is 2.50 bits per heavy atom. The van der Waals surface area contributed by atoms with Crippen LogP contribution in [0.3, 0.4) is 0 Å². The zero-order valence-corrected chi connectivity index (χ0v) is 6.80. The van der Waals surface area contributed by atoms with Gasteiger partial charge in [-0.1, -0.05) is 5.92 Å². The summed E-state index contributed by atoms with van der Waals surface area (Å²) in [5.41, 5.74) is 3.17. The summed E-state index contributed by atoms with van der Waals surface area (Å²) in [7, 11) is 0. The highest BCUT2D eigenvalue weighted by Crippen LogP contribution is 2.20. The Morgan fingerprint density at radius 1 is 1.58 bits per heavy atom. The van der Waals surface area contributed by atoms with Gasteiger partial charge in [-0.05, 0) is 24.5 Å². The van der Waals surface area contributed by atoms with E-state index >= 15 is 0 Å². The quantitative estimate of drug-likeness (QED) is 0.577. The van der Waals surface area contributed by atoms with Crippen molar-refractivity contribution in [1.82, 2.24) is 4.98 Å². The predicted octanol–water partition coefficient (Wildman–Crippen LogP) is 1.42. The van der Waals surface area contributed by atoms with Gasteiger partial charge in [0.15, 0.2) is 0 Å². The highest BCUT2D eigenvalue weighted by molar-refractivity contribution is 5.53. The van der Waals surface area contributed by atoms with Gasteiger partial charge >= 0.3 is 0 Å². The topological polar surface area (TPSA) is 24.9 Å². The highest BCUT2D eigenvalue weighted by Gasteiger charge is 2.08. The number of rotatable bonds is 0. The smallest absolute Gasteiger partial charge is 0.113 e. The Hall–Kier alpha value is -1.49. The lowest BCUT2D eigenvalue weighted by atomic mass is 10.0. The van der Waals surface area contributed by atoms with E-state index in [1.165, 1.54) is 12.0 Å². The molecule has 0 radical (unpaired) electrons. The Labute approximate surface area is 72.0 Å². The molecule has 12 heavy (non-hydrogen) atoms. The van der Waals surface area contributed by atoms with Crippen molar-refractivity contribution >= 4 is 5.69 Å². The van der Waals surface area contributed by atoms with Crippen molar-refractivity contribution in [3.63, 3.8) is 0 Å². The fraction of sp³-hybridized carbons (Fsp3) is 0.300. The van der Waals surface area contributed by atoms with E-state index in [1.807, 2.05) is 12.3 Å². The summed E-state index contributed by atoms with van der Waals surface area (Å²) < 4.78 is 0. The van der Waals surface area contributed by atoms with Crippen LogP contribution in [0.2, 0.25) is 0 Å². The van der Waals surface area contributed by atoms with Crippen LogP contribution >= 0.6 is 0 Å². The van der Waals surface area contributed by atoms with Crippen molar-refractivity contribution in [3.05, 3.63) is 23.5 Å². The number of hydrogen-bond donors (Lipinski definition) is 1. The fourth-order valence-corrected chi connectivity index (χ4v) is 1.44. The third-order valence-electron chi connectivity index (χ3n) is 2.08. The van der Waals surface area contributed by atoms with Gasteiger partial charge in [-0.3, -0.25) is 0 Å². The zero-order valence-electron chi connectivity index (χ0n) is 6.80. The average Bonchev–Trinajstić information content (AvgIpc) is 2.17. The molecule has 0 fully saturated rings. The van der Waals surface area contributed by atoms with Gasteiger partial charge in [0.25, 0.3) is 0 Å². The molecule has 0 atom stereocenters. The summed E-state index contributed by atoms with van der Waals surface area (Å²) >= 11 is 0. The molecule has 0 aliphatic carbocycles. The minimum Gasteiger partial charge on any atom is -0.384 e. The van der Waals surface area contributed by atoms with E-state index in [2.05, 4.69) is 16.2 Å². The SMILES string of the molecule is C#Cc1cc2c(cn1)NCCC2. The van der Waals surface area contributed by atoms with Gasteiger partial charge in [0.05, 0.1) is 11.9 Å². The fourth-order valence-electron chi connectivity index (χ4n) is 1.44. The van der Waals surface area contributed by atoms with Crippen molar-refractivity contribution in [3.8, 4) is 12.3 Å². The van der Waals surface area contributed by atoms with Crippen molar-refractivity contribution in [2.24, 2.45) is 0 Å². The average molecular weight is 158 g/mol. The van der Waals surface area contributed by atoms with Crippen LogP contribution in [0.1, 0.15) is 17.7 Å². The largest absolute Gasteiger partial charge is 0.384 e. The normalized spacial score (nSPS) is 14.2. The number of hydrogen-bond acceptors (Lipinski definition) is 2. The highest BCUT2D eigenvalue weighted by atomic mass is 14.9. The number of anilines is 1. The molecule has 0 bridgehead atoms. The molecule has 60 valence electrons. The molecule has 2 heterocycles. The second-order valence-electron chi connectivity index (χ2n) is 2.90. The molecular weight excluding hydrogens is 148 g/mol. The van der Waals surface area contributed by atoms with Crippen molar-refractivity contribution in [2.45, 2.75) is 12.8 Å². The van der Waals surface area contributed by atoms with Crippen LogP contribution in [0, 0.1) is 12.3 Å². The Balaban J connectivity index is 2.44. The van der Waals surface area contributed by atoms with E-state index in [0.29, 0.717) is 0 Å². The molecule has 0 unspecified atom stereocenters. The van der Waals surface area contributed by atoms with E-state index in [9.17, 15) is 0 Å². The minimum absolute atomic E-state index is 0.734. The van der Waals surface area contributed by atoms with Crippen LogP contribution in [0.25, 0.3) is 0 Å². The molecule has 1 aliphatic rings. The van der Waals surface area contributed by atoms with E-state index in [4.69, 9.17) is 6.42 Å². The number of fused-ring (bicyclic) bond motifs is 1. The van der Waals surface area contributed by atoms with Crippen molar-refractivity contribution < 1.29 is 0 Å². The minimum atomic E-state index is 0.734. The first kappa shape index (κ1) is 7.17. The van der Waals surface area contributed by atoms with Crippen molar-refractivity contribution in [1.29, 1.82) is 0 Å². The molecule has 2 heteroatoms. The van der Waals surface area contributed by atoms with Gasteiger partial charge in [0, 0.05) is 6.54 Å². The maximum Gasteiger partial charge on any atom is 0.113 e. The van der Waals surface area contributed by atoms with Gasteiger partial charge in [0.2, 0.25) is 0 Å². The second kappa shape index (κ2) is 2.86. The zero-order chi connectivity index (χ0) is 8.39. The number of nitrogens with zero attached hydrogens (tertiary/aromatic N) is 1. The lowest BCUT2D eigenvalue weighted by Gasteiger charge is -2.16. The molecular formula is C10H10N2. The maximum absolute atomic E-state index is 5.25. The van der Waals surface area contributed by atoms with Crippen LogP contribution in [-0.2, 0) is 6.42 Å². The van der Waals surface area contributed by atoms with E-state index in [0.717, 1.165) is 24.3 Å². The van der Waals surface area contributed by atoms with Crippen molar-refractivity contribution in [2.75, 3.05) is 11.9 Å². The molecule has 0 aromatic carbocycles. The molecule has 0 amide bonds. The Bertz CT molecular complexity index is 336. The molecule has 1 aliphatic heterocycles. The van der Waals surface area contributed by atoms with Crippen LogP contribution in [0.15, 0.2) is 12.3 Å². The molecule has 1 aromatic heterocycles. The predicted molar refractivity (Wildman–Crippen MR) is 49.0 cm³/mol. The number of pyridine rings is 1. The molecule has 1 N–H and O–H groups in total. The van der Waals surface area contributed by atoms with Crippen LogP contribution in [0.4, 0.5) is 5.69 Å². The third-order valence-corrected chi connectivity index (χ3v) is 2.08. The third kappa shape index (κ3) is 1.14. The second-order valence-corrected chi connectivity index (χ2v) is 2.90. The summed E-state index contributed by atoms with van der Waals surface area (Å²) in [6.07, 6.45) is 9.37. The molecule has 2 rings (SSSR count). The van der Waals surface area contributed by atoms with E-state index in [1.54, 1.807) is 0 Å². The van der Waals surface area contributed by atoms with Gasteiger partial charge < -0.3 is 5.32 Å². The Kier molecular flexibility index (Phi) is 1.71. The number of terminal acetylenes is 1. The molecule has 0 saturated carbocycles. The Morgan fingerprint density at radius 3 is 3.33 bits per heavy atom. The molecule has 2 nitrogen and oxygen atoms in total. The monoisotopic (exact) mass is 158 g/mol. The van der Waals surface area contributed by atoms with Crippen LogP contribution in [0.5, 0.6) is 0 Å². The van der Waals surface area contributed by atoms with Crippen LogP contribution in [-0.4, -0.2) is 11.5 Å². The van der Waals surface area contributed by atoms with Gasteiger partial charge in [0.1, 0.15) is 5.69 Å². The number of nitrogens with one attached hydrogen (secondary N) is 1. The van der Waals surface area contributed by atoms with Crippen LogP contribution < -0.4 is 5.32 Å².